The Morgan fingerprint density at radius 2 is 1.06 bits per heavy atom. The number of carboxylic acid groups (broad SMARTS) is 1. The zero-order valence-electron chi connectivity index (χ0n) is 39.2. The first-order valence-corrected chi connectivity index (χ1v) is 21.5. The number of carbonyl (C=O) groups excluding carboxylic acids is 3. The summed E-state index contributed by atoms with van der Waals surface area (Å²) in [4.78, 5) is 62.2. The molecule has 17 nitrogen and oxygen atoms in total. The Morgan fingerprint density at radius 3 is 1.46 bits per heavy atom. The zero-order chi connectivity index (χ0) is 48.8. The van der Waals surface area contributed by atoms with Crippen molar-refractivity contribution in [3.63, 3.8) is 0 Å². The molecule has 70 heavy (non-hydrogen) atoms. The van der Waals surface area contributed by atoms with Gasteiger partial charge < -0.3 is 36.6 Å². The number of rotatable bonds is 13. The number of hydrogen-bond acceptors (Lipinski definition) is 12. The van der Waals surface area contributed by atoms with Gasteiger partial charge in [-0.2, -0.15) is 0 Å². The summed E-state index contributed by atoms with van der Waals surface area (Å²) in [5, 5.41) is 18.0. The van der Waals surface area contributed by atoms with Gasteiger partial charge in [0.25, 0.3) is 11.8 Å². The van der Waals surface area contributed by atoms with E-state index in [0.717, 1.165) is 0 Å². The monoisotopic (exact) mass is 962 g/mol. The number of nitrogens with zero attached hydrogens (tertiary/aromatic N) is 8. The van der Waals surface area contributed by atoms with Crippen LogP contribution in [0.2, 0.25) is 0 Å². The maximum Gasteiger partial charge on any atom is 1.00 e. The average Bonchev–Trinajstić information content (AvgIpc) is 4.01. The summed E-state index contributed by atoms with van der Waals surface area (Å²) in [5.41, 5.74) is 15.9. The van der Waals surface area contributed by atoms with Crippen molar-refractivity contribution in [1.29, 1.82) is 0 Å². The summed E-state index contributed by atoms with van der Waals surface area (Å²) in [5.74, 6) is -3.28. The van der Waals surface area contributed by atoms with Gasteiger partial charge in [-0.3, -0.25) is 19.2 Å². The number of carboxylic acids is 1. The van der Waals surface area contributed by atoms with Gasteiger partial charge in [-0.15, -0.1) is 10.2 Å². The van der Waals surface area contributed by atoms with Gasteiger partial charge in [0.2, 0.25) is 0 Å². The number of ether oxygens (including phenoxy) is 1. The molecule has 0 aliphatic carbocycles. The van der Waals surface area contributed by atoms with Crippen LogP contribution in [-0.4, -0.2) is 84.2 Å². The average molecular weight is 963 g/mol. The number of para-hydroxylation sites is 2. The summed E-state index contributed by atoms with van der Waals surface area (Å²) < 4.78 is 38.4. The second-order valence-electron chi connectivity index (χ2n) is 15.8. The largest absolute Gasteiger partial charge is 1.00 e. The van der Waals surface area contributed by atoms with Crippen molar-refractivity contribution < 1.29 is 72.8 Å². The van der Waals surface area contributed by atoms with Crippen LogP contribution in [0.15, 0.2) is 122 Å². The van der Waals surface area contributed by atoms with Gasteiger partial charge in [0.15, 0.2) is 23.0 Å². The normalized spacial score (nSPS) is 11.6. The van der Waals surface area contributed by atoms with Crippen molar-refractivity contribution in [1.82, 2.24) is 29.2 Å². The molecule has 0 saturated carbocycles. The molecule has 6 N–H and O–H groups in total. The van der Waals surface area contributed by atoms with Crippen molar-refractivity contribution in [3.8, 4) is 22.8 Å². The van der Waals surface area contributed by atoms with E-state index in [4.69, 9.17) is 16.2 Å². The second-order valence-corrected chi connectivity index (χ2v) is 15.8. The molecule has 0 saturated heterocycles. The van der Waals surface area contributed by atoms with E-state index >= 15 is 8.78 Å². The Kier molecular flexibility index (Phi) is 17.9. The summed E-state index contributed by atoms with van der Waals surface area (Å²) in [6.07, 6.45) is 3.09. The number of halogens is 2. The van der Waals surface area contributed by atoms with Crippen LogP contribution in [0.3, 0.4) is 0 Å². The molecule has 4 aromatic heterocycles. The van der Waals surface area contributed by atoms with Gasteiger partial charge in [-0.25, -0.2) is 27.8 Å². The van der Waals surface area contributed by atoms with E-state index < -0.39 is 41.5 Å². The fourth-order valence-corrected chi connectivity index (χ4v) is 7.60. The van der Waals surface area contributed by atoms with Crippen LogP contribution in [0.25, 0.3) is 33.8 Å². The van der Waals surface area contributed by atoms with E-state index in [9.17, 15) is 24.3 Å². The van der Waals surface area contributed by atoms with Gasteiger partial charge in [0.1, 0.15) is 11.6 Å². The summed E-state index contributed by atoms with van der Waals surface area (Å²) in [7, 11) is 3.15. The third-order valence-corrected chi connectivity index (χ3v) is 11.0. The zero-order valence-corrected chi connectivity index (χ0v) is 41.2. The van der Waals surface area contributed by atoms with Crippen LogP contribution in [0.4, 0.5) is 20.2 Å². The summed E-state index contributed by atoms with van der Waals surface area (Å²) in [6, 6.07) is 29.2. The van der Waals surface area contributed by atoms with Crippen molar-refractivity contribution in [3.05, 3.63) is 167 Å². The van der Waals surface area contributed by atoms with Crippen LogP contribution in [0, 0.1) is 11.6 Å². The summed E-state index contributed by atoms with van der Waals surface area (Å²) in [6.45, 7) is 5.38. The van der Waals surface area contributed by atoms with E-state index in [2.05, 4.69) is 20.2 Å². The Morgan fingerprint density at radius 1 is 0.643 bits per heavy atom. The van der Waals surface area contributed by atoms with E-state index in [1.54, 1.807) is 150 Å². The molecule has 4 heterocycles. The van der Waals surface area contributed by atoms with Crippen molar-refractivity contribution in [2.24, 2.45) is 11.5 Å². The molecule has 0 fully saturated rings. The van der Waals surface area contributed by atoms with Gasteiger partial charge in [0.05, 0.1) is 41.6 Å². The molecule has 0 aliphatic heterocycles. The standard InChI is InChI=1S/C26H26FN5O3.C24H22FN5O3.Na.H2O/c1-4-35-22(33)15-17-9-5-6-12-20(17)31(3)26(34)24-21-13-8-14-32(21)30-25(29-24)19-11-7-10-18(16(2)28)23(19)27;1-14(26)16-8-5-9-17(21(16)25)23-27-22(19-11-6-12-30(19)28-23)24(33)29(2)18-10-4-3-7-15(18)13-20(31)32;;/h5-14,16H,4,15,28H2,1-3H3;3-12,14H,13,26H2,1-2H3,(H,31,32);;1H2/q;;+1;/p-1/t16-;14-;;/m11../s1. The van der Waals surface area contributed by atoms with E-state index in [0.29, 0.717) is 44.7 Å². The third kappa shape index (κ3) is 11.4. The topological polar surface area (TPSA) is 247 Å². The summed E-state index contributed by atoms with van der Waals surface area (Å²) >= 11 is 0. The molecule has 0 spiro atoms. The van der Waals surface area contributed by atoms with Crippen LogP contribution in [-0.2, 0) is 27.2 Å². The van der Waals surface area contributed by atoms with Crippen LogP contribution in [0.1, 0.15) is 76.1 Å². The number of anilines is 2. The molecule has 8 aromatic rings. The number of fused-ring (bicyclic) bond motifs is 2. The SMILES string of the molecule is CCOC(=O)Cc1ccccc1N(C)C(=O)c1nc(-c2cccc([C@@H](C)N)c2F)nn2cccc12.C[C@@H](N)c1cccc(-c2nc(C(=O)N(C)c3ccccc3CC(=O)O)c3cccn3n2)c1F.[Na+].[OH-]. The van der Waals surface area contributed by atoms with Gasteiger partial charge in [-0.05, 0) is 80.4 Å². The first-order valence-electron chi connectivity index (χ1n) is 21.5. The minimum atomic E-state index is -1.01. The number of carbonyl (C=O) groups is 4. The van der Waals surface area contributed by atoms with Crippen molar-refractivity contribution in [2.45, 2.75) is 45.7 Å². The van der Waals surface area contributed by atoms with Crippen LogP contribution >= 0.6 is 0 Å². The number of hydrogen-bond donors (Lipinski definition) is 3. The minimum absolute atomic E-state index is 0. The third-order valence-electron chi connectivity index (χ3n) is 11.0. The van der Waals surface area contributed by atoms with Gasteiger partial charge in [0, 0.05) is 61.1 Å². The Bertz CT molecular complexity index is 3200. The van der Waals surface area contributed by atoms with Crippen molar-refractivity contribution in [2.75, 3.05) is 30.5 Å². The molecular weight excluding hydrogens is 914 g/mol. The van der Waals surface area contributed by atoms with Crippen LogP contribution in [0.5, 0.6) is 0 Å². The van der Waals surface area contributed by atoms with E-state index in [1.165, 1.54) is 24.9 Å². The first-order chi connectivity index (χ1) is 32.6. The maximum atomic E-state index is 15.2. The molecule has 356 valence electrons. The molecule has 20 heteroatoms. The Hall–Kier alpha value is -7.26. The number of aliphatic carboxylic acids is 1. The smallest absolute Gasteiger partial charge is 0.870 e. The fraction of sp³-hybridized carbons (Fsp3) is 0.200. The van der Waals surface area contributed by atoms with E-state index in [1.807, 2.05) is 0 Å². The van der Waals surface area contributed by atoms with Gasteiger partial charge >= 0.3 is 41.5 Å². The molecule has 0 bridgehead atoms. The number of amides is 2. The quantitative estimate of drug-likeness (QED) is 0.108. The molecule has 0 unspecified atom stereocenters. The van der Waals surface area contributed by atoms with Crippen LogP contribution < -0.4 is 50.8 Å². The number of nitrogens with two attached hydrogens (primary N) is 2. The number of aromatic nitrogens is 6. The molecule has 0 radical (unpaired) electrons. The molecule has 2 atom stereocenters. The molecule has 8 rings (SSSR count). The number of benzene rings is 4. The Balaban J connectivity index is 0.000000254. The first kappa shape index (κ1) is 53.7. The number of esters is 1. The second kappa shape index (κ2) is 23.4. The molecule has 4 aromatic carbocycles. The Labute approximate surface area is 423 Å². The minimum Gasteiger partial charge on any atom is -0.870 e. The molecular formula is C50H49F2N10NaO7. The fourth-order valence-electron chi connectivity index (χ4n) is 7.60. The maximum absolute atomic E-state index is 15.2. The predicted octanol–water partition coefficient (Wildman–Crippen LogP) is 4.22. The van der Waals surface area contributed by atoms with Crippen molar-refractivity contribution >= 4 is 46.2 Å². The predicted molar refractivity (Wildman–Crippen MR) is 254 cm³/mol. The van der Waals surface area contributed by atoms with E-state index in [-0.39, 0.29) is 94.6 Å². The molecule has 0 aliphatic rings. The molecule has 2 amide bonds. The van der Waals surface area contributed by atoms with Gasteiger partial charge in [-0.1, -0.05) is 60.7 Å².